The van der Waals surface area contributed by atoms with E-state index in [1.807, 2.05) is 6.92 Å². The molecule has 0 radical (unpaired) electrons. The number of para-hydroxylation sites is 2. The molecule has 0 saturated carbocycles. The number of nitro benzene ring substituents is 1. The molecule has 1 N–H and O–H groups in total. The van der Waals surface area contributed by atoms with Gasteiger partial charge in [-0.05, 0) is 25.1 Å². The Kier molecular flexibility index (Phi) is 5.95. The summed E-state index contributed by atoms with van der Waals surface area (Å²) in [5.41, 5.74) is 0.556. The van der Waals surface area contributed by atoms with E-state index in [0.717, 1.165) is 0 Å². The first-order chi connectivity index (χ1) is 13.5. The molecule has 1 amide bonds. The van der Waals surface area contributed by atoms with Crippen molar-refractivity contribution in [3.8, 4) is 5.75 Å². The van der Waals surface area contributed by atoms with E-state index >= 15 is 0 Å². The Balaban J connectivity index is 1.60. The van der Waals surface area contributed by atoms with Gasteiger partial charge in [0.2, 0.25) is 0 Å². The molecule has 3 aromatic rings. The first kappa shape index (κ1) is 19.4. The van der Waals surface area contributed by atoms with Crippen molar-refractivity contribution in [2.24, 2.45) is 0 Å². The number of amides is 1. The third-order valence-electron chi connectivity index (χ3n) is 3.93. The molecule has 0 unspecified atom stereocenters. The third kappa shape index (κ3) is 4.32. The van der Waals surface area contributed by atoms with Crippen LogP contribution in [0.2, 0.25) is 5.02 Å². The molecule has 0 bridgehead atoms. The number of aromatic nitrogens is 2. The van der Waals surface area contributed by atoms with E-state index in [1.54, 1.807) is 22.9 Å². The molecule has 9 nitrogen and oxygen atoms in total. The molecule has 0 aliphatic carbocycles. The summed E-state index contributed by atoms with van der Waals surface area (Å²) in [7, 11) is 0. The van der Waals surface area contributed by atoms with Crippen LogP contribution >= 0.6 is 11.6 Å². The Labute approximate surface area is 165 Å². The molecule has 3 rings (SSSR count). The van der Waals surface area contributed by atoms with Gasteiger partial charge in [0.05, 0.1) is 28.4 Å². The zero-order valence-corrected chi connectivity index (χ0v) is 15.7. The van der Waals surface area contributed by atoms with Crippen LogP contribution in [0.5, 0.6) is 5.75 Å². The summed E-state index contributed by atoms with van der Waals surface area (Å²) in [6.07, 6.45) is 1.53. The van der Waals surface area contributed by atoms with Crippen LogP contribution in [-0.4, -0.2) is 20.6 Å². The summed E-state index contributed by atoms with van der Waals surface area (Å²) in [5.74, 6) is 0.161. The molecule has 0 fully saturated rings. The van der Waals surface area contributed by atoms with Crippen LogP contribution < -0.4 is 10.1 Å². The minimum atomic E-state index is -0.525. The SMILES string of the molecule is CCn1ncc(Cl)c1CNC(=O)c1ccc(COc2ccccc2[N+](=O)[O-])o1. The average molecular weight is 405 g/mol. The number of nitrogens with one attached hydrogen (secondary N) is 1. The normalized spacial score (nSPS) is 10.6. The Hall–Kier alpha value is -3.33. The Bertz CT molecular complexity index is 998. The van der Waals surface area contributed by atoms with E-state index < -0.39 is 10.8 Å². The molecular formula is C18H17ClN4O5. The van der Waals surface area contributed by atoms with E-state index in [2.05, 4.69) is 10.4 Å². The number of halogens is 1. The average Bonchev–Trinajstić information content (AvgIpc) is 3.31. The zero-order chi connectivity index (χ0) is 20.1. The number of nitrogens with zero attached hydrogens (tertiary/aromatic N) is 3. The first-order valence-electron chi connectivity index (χ1n) is 8.43. The van der Waals surface area contributed by atoms with Gasteiger partial charge in [-0.3, -0.25) is 19.6 Å². The van der Waals surface area contributed by atoms with Crippen LogP contribution in [0.4, 0.5) is 5.69 Å². The molecule has 0 aliphatic heterocycles. The molecule has 1 aromatic carbocycles. The second kappa shape index (κ2) is 8.57. The predicted molar refractivity (Wildman–Crippen MR) is 100 cm³/mol. The molecule has 2 aromatic heterocycles. The molecule has 146 valence electrons. The Morgan fingerprint density at radius 1 is 1.36 bits per heavy atom. The first-order valence-corrected chi connectivity index (χ1v) is 8.80. The van der Waals surface area contributed by atoms with Gasteiger partial charge in [0.15, 0.2) is 11.5 Å². The standard InChI is InChI=1S/C18H17ClN4O5/c1-2-22-15(13(19)9-21-22)10-20-18(24)17-8-7-12(28-17)11-27-16-6-4-3-5-14(16)23(25)26/h3-9H,2,10-11H2,1H3,(H,20,24). The number of hydrogen-bond acceptors (Lipinski definition) is 6. The van der Waals surface area contributed by atoms with Gasteiger partial charge in [0.25, 0.3) is 5.91 Å². The number of benzene rings is 1. The van der Waals surface area contributed by atoms with Crippen LogP contribution in [0, 0.1) is 10.1 Å². The largest absolute Gasteiger partial charge is 0.479 e. The van der Waals surface area contributed by atoms with Gasteiger partial charge in [0, 0.05) is 12.6 Å². The lowest BCUT2D eigenvalue weighted by Crippen LogP contribution is -2.24. The third-order valence-corrected chi connectivity index (χ3v) is 4.25. The van der Waals surface area contributed by atoms with Crippen LogP contribution in [0.3, 0.4) is 0 Å². The van der Waals surface area contributed by atoms with Crippen molar-refractivity contribution >= 4 is 23.2 Å². The number of rotatable bonds is 8. The fourth-order valence-electron chi connectivity index (χ4n) is 2.54. The van der Waals surface area contributed by atoms with Crippen molar-refractivity contribution in [2.45, 2.75) is 26.6 Å². The molecule has 0 atom stereocenters. The quantitative estimate of drug-likeness (QED) is 0.453. The van der Waals surface area contributed by atoms with Crippen molar-refractivity contribution < 1.29 is 18.9 Å². The van der Waals surface area contributed by atoms with Gasteiger partial charge in [-0.2, -0.15) is 5.10 Å². The summed E-state index contributed by atoms with van der Waals surface area (Å²) in [5, 5.41) is 18.3. The van der Waals surface area contributed by atoms with Crippen LogP contribution in [0.1, 0.15) is 28.9 Å². The summed E-state index contributed by atoms with van der Waals surface area (Å²) in [6, 6.07) is 9.11. The number of ether oxygens (including phenoxy) is 1. The van der Waals surface area contributed by atoms with Gasteiger partial charge >= 0.3 is 5.69 Å². The number of carbonyl (C=O) groups excluding carboxylic acids is 1. The van der Waals surface area contributed by atoms with Crippen molar-refractivity contribution in [1.82, 2.24) is 15.1 Å². The predicted octanol–water partition coefficient (Wildman–Crippen LogP) is 3.57. The maximum Gasteiger partial charge on any atom is 0.310 e. The van der Waals surface area contributed by atoms with Crippen molar-refractivity contribution in [3.05, 3.63) is 74.9 Å². The lowest BCUT2D eigenvalue weighted by Gasteiger charge is -2.07. The molecule has 10 heteroatoms. The fourth-order valence-corrected chi connectivity index (χ4v) is 2.75. The molecule has 2 heterocycles. The topological polar surface area (TPSA) is 112 Å². The second-order valence-corrected chi connectivity index (χ2v) is 6.12. The minimum absolute atomic E-state index is 0.0490. The van der Waals surface area contributed by atoms with Crippen molar-refractivity contribution in [1.29, 1.82) is 0 Å². The van der Waals surface area contributed by atoms with E-state index in [-0.39, 0.29) is 30.3 Å². The molecule has 0 saturated heterocycles. The minimum Gasteiger partial charge on any atom is -0.479 e. The molecule has 28 heavy (non-hydrogen) atoms. The highest BCUT2D eigenvalue weighted by Gasteiger charge is 2.16. The number of hydrogen-bond donors (Lipinski definition) is 1. The van der Waals surface area contributed by atoms with Gasteiger partial charge in [-0.25, -0.2) is 0 Å². The van der Waals surface area contributed by atoms with Gasteiger partial charge in [-0.15, -0.1) is 0 Å². The lowest BCUT2D eigenvalue weighted by atomic mass is 10.3. The molecule has 0 aliphatic rings. The van der Waals surface area contributed by atoms with E-state index in [4.69, 9.17) is 20.8 Å². The summed E-state index contributed by atoms with van der Waals surface area (Å²) in [6.45, 7) is 2.71. The maximum absolute atomic E-state index is 12.3. The lowest BCUT2D eigenvalue weighted by molar-refractivity contribution is -0.386. The van der Waals surface area contributed by atoms with Gasteiger partial charge in [-0.1, -0.05) is 23.7 Å². The van der Waals surface area contributed by atoms with E-state index in [0.29, 0.717) is 23.0 Å². The van der Waals surface area contributed by atoms with Crippen molar-refractivity contribution in [3.63, 3.8) is 0 Å². The highest BCUT2D eigenvalue weighted by Crippen LogP contribution is 2.26. The van der Waals surface area contributed by atoms with Gasteiger partial charge < -0.3 is 14.5 Å². The number of nitro groups is 1. The Morgan fingerprint density at radius 3 is 2.89 bits per heavy atom. The van der Waals surface area contributed by atoms with Gasteiger partial charge in [0.1, 0.15) is 12.4 Å². The molecular weight excluding hydrogens is 388 g/mol. The van der Waals surface area contributed by atoms with Crippen LogP contribution in [0.25, 0.3) is 0 Å². The van der Waals surface area contributed by atoms with E-state index in [1.165, 1.54) is 24.4 Å². The van der Waals surface area contributed by atoms with Crippen molar-refractivity contribution in [2.75, 3.05) is 0 Å². The highest BCUT2D eigenvalue weighted by atomic mass is 35.5. The second-order valence-electron chi connectivity index (χ2n) is 5.72. The van der Waals surface area contributed by atoms with Crippen LogP contribution in [0.15, 0.2) is 47.0 Å². The highest BCUT2D eigenvalue weighted by molar-refractivity contribution is 6.31. The summed E-state index contributed by atoms with van der Waals surface area (Å²) >= 11 is 6.07. The fraction of sp³-hybridized carbons (Fsp3) is 0.222. The monoisotopic (exact) mass is 404 g/mol. The molecule has 0 spiro atoms. The number of carbonyl (C=O) groups is 1. The zero-order valence-electron chi connectivity index (χ0n) is 14.9. The Morgan fingerprint density at radius 2 is 2.14 bits per heavy atom. The number of furan rings is 1. The number of aryl methyl sites for hydroxylation is 1. The smallest absolute Gasteiger partial charge is 0.310 e. The summed E-state index contributed by atoms with van der Waals surface area (Å²) < 4.78 is 12.6. The summed E-state index contributed by atoms with van der Waals surface area (Å²) in [4.78, 5) is 22.7. The van der Waals surface area contributed by atoms with Crippen LogP contribution in [-0.2, 0) is 19.7 Å². The maximum atomic E-state index is 12.3. The van der Waals surface area contributed by atoms with E-state index in [9.17, 15) is 14.9 Å².